The lowest BCUT2D eigenvalue weighted by Crippen LogP contribution is -2.40. The minimum atomic E-state index is -4.75. The number of benzene rings is 3. The molecule has 52 heavy (non-hydrogen) atoms. The third kappa shape index (κ3) is 8.13. The Labute approximate surface area is 293 Å². The number of aromatic nitrogens is 2. The van der Waals surface area contributed by atoms with Gasteiger partial charge in [0.2, 0.25) is 11.5 Å². The summed E-state index contributed by atoms with van der Waals surface area (Å²) in [6.45, 7) is 1.25. The van der Waals surface area contributed by atoms with E-state index in [-0.39, 0.29) is 34.0 Å². The molecule has 16 nitrogen and oxygen atoms in total. The first-order valence-corrected chi connectivity index (χ1v) is 16.8. The van der Waals surface area contributed by atoms with Crippen molar-refractivity contribution in [2.45, 2.75) is 31.1 Å². The minimum Gasteiger partial charge on any atom is -0.569 e. The number of aliphatic hydroxyl groups excluding tert-OH is 1. The number of aryl methyl sites for hydroxylation is 1. The van der Waals surface area contributed by atoms with Gasteiger partial charge in [-0.2, -0.15) is 18.3 Å². The highest BCUT2D eigenvalue weighted by atomic mass is 32.2. The fourth-order valence-electron chi connectivity index (χ4n) is 5.00. The van der Waals surface area contributed by atoms with E-state index in [1.165, 1.54) is 31.2 Å². The summed E-state index contributed by atoms with van der Waals surface area (Å²) in [4.78, 5) is 42.9. The summed E-state index contributed by atoms with van der Waals surface area (Å²) in [7, 11) is -4.53. The Morgan fingerprint density at radius 3 is 2.23 bits per heavy atom. The Kier molecular flexibility index (Phi) is 10.8. The quantitative estimate of drug-likeness (QED) is 0.0867. The van der Waals surface area contributed by atoms with Crippen LogP contribution >= 0.6 is 0 Å². The predicted molar refractivity (Wildman–Crippen MR) is 173 cm³/mol. The molecule has 274 valence electrons. The van der Waals surface area contributed by atoms with Gasteiger partial charge in [-0.15, -0.1) is 5.01 Å². The van der Waals surface area contributed by atoms with Crippen LogP contribution < -0.4 is 4.72 Å². The number of fused-ring (bicyclic) bond motifs is 1. The van der Waals surface area contributed by atoms with Gasteiger partial charge in [-0.3, -0.25) is 9.59 Å². The van der Waals surface area contributed by atoms with Crippen molar-refractivity contribution in [3.63, 3.8) is 0 Å². The van der Waals surface area contributed by atoms with Gasteiger partial charge >= 0.3 is 12.3 Å². The van der Waals surface area contributed by atoms with E-state index in [4.69, 9.17) is 9.57 Å². The topological polar surface area (TPSA) is 199 Å². The Hall–Kier alpha value is -6.02. The molecule has 4 aromatic rings. The maximum absolute atomic E-state index is 13.5. The first-order chi connectivity index (χ1) is 24.6. The van der Waals surface area contributed by atoms with Gasteiger partial charge in [-0.05, 0) is 56.3 Å². The lowest BCUT2D eigenvalue weighted by Gasteiger charge is -2.20. The number of ether oxygens (including phenoxy) is 1. The van der Waals surface area contributed by atoms with Crippen LogP contribution in [0.4, 0.5) is 18.0 Å². The molecule has 1 aliphatic rings. The number of carbonyl (C=O) groups excluding carboxylic acids is 3. The lowest BCUT2D eigenvalue weighted by atomic mass is 10.1. The molecule has 1 aromatic heterocycles. The molecule has 5 rings (SSSR count). The summed E-state index contributed by atoms with van der Waals surface area (Å²) in [5.41, 5.74) is 0.685. The molecule has 20 heteroatoms. The maximum atomic E-state index is 13.5. The summed E-state index contributed by atoms with van der Waals surface area (Å²) < 4.78 is 73.9. The van der Waals surface area contributed by atoms with Gasteiger partial charge < -0.3 is 19.9 Å². The molecular formula is C32H30F3N7O9S. The van der Waals surface area contributed by atoms with E-state index in [2.05, 4.69) is 10.4 Å². The number of sulfonamides is 1. The van der Waals surface area contributed by atoms with Crippen molar-refractivity contribution < 1.29 is 55.6 Å². The van der Waals surface area contributed by atoms with Crippen LogP contribution in [0.5, 0.6) is 0 Å². The van der Waals surface area contributed by atoms with E-state index in [1.54, 1.807) is 41.1 Å². The zero-order valence-electron chi connectivity index (χ0n) is 27.3. The molecule has 0 aliphatic carbocycles. The molecule has 0 radical (unpaired) electrons. The average Bonchev–Trinajstić information content (AvgIpc) is 3.67. The molecule has 0 bridgehead atoms. The van der Waals surface area contributed by atoms with Crippen molar-refractivity contribution in [3.05, 3.63) is 106 Å². The first kappa shape index (κ1) is 37.2. The van der Waals surface area contributed by atoms with Crippen molar-refractivity contribution in [1.82, 2.24) is 24.4 Å². The summed E-state index contributed by atoms with van der Waals surface area (Å²) in [6, 6.07) is 18.2. The smallest absolute Gasteiger partial charge is 0.435 e. The van der Waals surface area contributed by atoms with Gasteiger partial charge in [0, 0.05) is 5.56 Å². The van der Waals surface area contributed by atoms with E-state index in [0.29, 0.717) is 5.56 Å². The van der Waals surface area contributed by atoms with Crippen LogP contribution in [0.2, 0.25) is 0 Å². The number of amides is 3. The number of rotatable bonds is 13. The second kappa shape index (κ2) is 15.1. The molecule has 2 N–H and O–H groups in total. The van der Waals surface area contributed by atoms with Crippen molar-refractivity contribution in [1.29, 1.82) is 0 Å². The standard InChI is InChI=1S/C32H30F3N7O9S/c1-20-7-9-22(10-8-20)27-19-28(32(33,34)35)36-41(27)23-11-13-24(14-12-23)52(48,49)37-31(46)50-18-16-39(15-17-43)42(47)38-51-21(2)40-29(44)25-5-3-4-6-26(25)30(40)45/h3-14,19,21,43H,15-18H2,1-2H3,(H,37,46). The largest absolute Gasteiger partial charge is 0.569 e. The van der Waals surface area contributed by atoms with Crippen molar-refractivity contribution in [2.75, 3.05) is 26.3 Å². The Balaban J connectivity index is 1.18. The van der Waals surface area contributed by atoms with Crippen LogP contribution in [0.15, 0.2) is 89.0 Å². The summed E-state index contributed by atoms with van der Waals surface area (Å²) in [6.07, 6.45) is -7.47. The summed E-state index contributed by atoms with van der Waals surface area (Å²) in [5, 5.41) is 29.7. The molecule has 3 aromatic carbocycles. The van der Waals surface area contributed by atoms with E-state index in [1.807, 2.05) is 6.92 Å². The van der Waals surface area contributed by atoms with Crippen LogP contribution in [0.25, 0.3) is 16.9 Å². The van der Waals surface area contributed by atoms with Gasteiger partial charge in [-0.1, -0.05) is 42.0 Å². The number of hydrogen-bond acceptors (Lipinski definition) is 11. The van der Waals surface area contributed by atoms with Crippen molar-refractivity contribution in [3.8, 4) is 16.9 Å². The second-order valence-corrected chi connectivity index (χ2v) is 12.9. The highest BCUT2D eigenvalue weighted by Crippen LogP contribution is 2.33. The first-order valence-electron chi connectivity index (χ1n) is 15.3. The second-order valence-electron chi connectivity index (χ2n) is 11.2. The predicted octanol–water partition coefficient (Wildman–Crippen LogP) is 4.03. The monoisotopic (exact) mass is 745 g/mol. The lowest BCUT2D eigenvalue weighted by molar-refractivity contribution is -0.712. The summed E-state index contributed by atoms with van der Waals surface area (Å²) >= 11 is 0. The number of nitrogens with zero attached hydrogens (tertiary/aromatic N) is 6. The van der Waals surface area contributed by atoms with Crippen molar-refractivity contribution in [2.24, 2.45) is 5.28 Å². The van der Waals surface area contributed by atoms with E-state index in [0.717, 1.165) is 38.4 Å². The van der Waals surface area contributed by atoms with Crippen LogP contribution in [-0.2, 0) is 25.8 Å². The molecule has 2 heterocycles. The molecule has 0 saturated heterocycles. The molecule has 1 atom stereocenters. The molecule has 0 spiro atoms. The number of carbonyl (C=O) groups is 3. The van der Waals surface area contributed by atoms with Gasteiger partial charge in [0.1, 0.15) is 19.7 Å². The summed E-state index contributed by atoms with van der Waals surface area (Å²) in [5.74, 6) is -1.30. The van der Waals surface area contributed by atoms with Crippen LogP contribution in [-0.4, -0.2) is 88.6 Å². The van der Waals surface area contributed by atoms with Crippen LogP contribution in [0, 0.1) is 12.1 Å². The maximum Gasteiger partial charge on any atom is 0.435 e. The molecular weight excluding hydrogens is 715 g/mol. The fraction of sp³-hybridized carbons (Fsp3) is 0.250. The van der Waals surface area contributed by atoms with Crippen LogP contribution in [0.3, 0.4) is 0 Å². The van der Waals surface area contributed by atoms with E-state index >= 15 is 0 Å². The number of halogens is 3. The number of aliphatic hydroxyl groups is 1. The highest BCUT2D eigenvalue weighted by molar-refractivity contribution is 7.90. The molecule has 0 fully saturated rings. The average molecular weight is 746 g/mol. The zero-order chi connectivity index (χ0) is 37.8. The number of hydrogen-bond donors (Lipinski definition) is 2. The van der Waals surface area contributed by atoms with Gasteiger partial charge in [0.15, 0.2) is 5.69 Å². The molecule has 0 saturated carbocycles. The van der Waals surface area contributed by atoms with E-state index in [9.17, 15) is 46.3 Å². The Morgan fingerprint density at radius 2 is 1.65 bits per heavy atom. The van der Waals surface area contributed by atoms with Gasteiger partial charge in [0.25, 0.3) is 21.8 Å². The number of hydrazine groups is 1. The Bertz CT molecular complexity index is 2070. The molecule has 1 unspecified atom stereocenters. The third-order valence-corrected chi connectivity index (χ3v) is 8.93. The van der Waals surface area contributed by atoms with Gasteiger partial charge in [-0.25, -0.2) is 27.5 Å². The normalized spacial score (nSPS) is 13.9. The number of imide groups is 1. The van der Waals surface area contributed by atoms with Crippen LogP contribution in [0.1, 0.15) is 38.9 Å². The Morgan fingerprint density at radius 1 is 1.04 bits per heavy atom. The zero-order valence-corrected chi connectivity index (χ0v) is 28.2. The molecule has 3 amide bonds. The number of alkyl halides is 3. The van der Waals surface area contributed by atoms with Crippen molar-refractivity contribution >= 4 is 27.9 Å². The fourth-order valence-corrected chi connectivity index (χ4v) is 5.89. The third-order valence-electron chi connectivity index (χ3n) is 7.60. The molecule has 1 aliphatic heterocycles. The minimum absolute atomic E-state index is 0.103. The highest BCUT2D eigenvalue weighted by Gasteiger charge is 2.40. The SMILES string of the molecule is Cc1ccc(-c2cc(C(F)(F)F)nn2-c2ccc(S(=O)(=O)NC(=O)OCCN(CCO)[N+]([O-])=NOC(C)N3C(=O)c4ccccc4C3=O)cc2)cc1. The number of nitrogens with one attached hydrogen (secondary N) is 1. The van der Waals surface area contributed by atoms with E-state index < -0.39 is 70.7 Å². The van der Waals surface area contributed by atoms with Gasteiger partial charge in [0.05, 0.1) is 39.0 Å².